The average Bonchev–Trinajstić information content (AvgIpc) is 2.43. The van der Waals surface area contributed by atoms with Gasteiger partial charge >= 0.3 is 5.97 Å². The van der Waals surface area contributed by atoms with E-state index in [1.54, 1.807) is 18.2 Å². The molecule has 0 unspecified atom stereocenters. The smallest absolute Gasteiger partial charge is 0.341 e. The monoisotopic (exact) mass is 281 g/mol. The van der Waals surface area contributed by atoms with Crippen LogP contribution in [-0.4, -0.2) is 42.6 Å². The molecule has 0 aromatic heterocycles. The maximum absolute atomic E-state index is 11.6. The molecule has 0 saturated heterocycles. The molecule has 20 heavy (non-hydrogen) atoms. The van der Waals surface area contributed by atoms with Gasteiger partial charge in [-0.25, -0.2) is 4.79 Å². The van der Waals surface area contributed by atoms with E-state index in [1.165, 1.54) is 6.07 Å². The number of benzene rings is 1. The Morgan fingerprint density at radius 1 is 1.20 bits per heavy atom. The number of nitrogens with two attached hydrogens (primary N) is 1. The Morgan fingerprint density at radius 3 is 2.55 bits per heavy atom. The Morgan fingerprint density at radius 2 is 1.90 bits per heavy atom. The largest absolute Gasteiger partial charge is 0.480 e. The van der Waals surface area contributed by atoms with Crippen molar-refractivity contribution in [3.05, 3.63) is 24.3 Å². The van der Waals surface area contributed by atoms with Crippen LogP contribution in [0.15, 0.2) is 24.3 Å². The van der Waals surface area contributed by atoms with E-state index in [4.69, 9.17) is 15.6 Å². The van der Waals surface area contributed by atoms with E-state index in [2.05, 4.69) is 10.6 Å². The van der Waals surface area contributed by atoms with Gasteiger partial charge in [0.05, 0.1) is 18.8 Å². The number of carboxylic acids is 1. The minimum Gasteiger partial charge on any atom is -0.480 e. The minimum absolute atomic E-state index is 0.203. The molecule has 8 heteroatoms. The molecule has 5 N–H and O–H groups in total. The van der Waals surface area contributed by atoms with Crippen LogP contribution in [0.1, 0.15) is 0 Å². The van der Waals surface area contributed by atoms with Crippen molar-refractivity contribution in [2.75, 3.05) is 25.0 Å². The standard InChI is InChI=1S/C12H15N3O5/c13-5-10(16)14-6-11(17)15-8-3-1-2-4-9(8)20-7-12(18)19/h1-4H,5-7,13H2,(H,14,16)(H,15,17)(H,18,19). The zero-order valence-electron chi connectivity index (χ0n) is 10.6. The number of ether oxygens (including phenoxy) is 1. The molecule has 0 bridgehead atoms. The molecule has 1 aromatic carbocycles. The van der Waals surface area contributed by atoms with Gasteiger partial charge in [0.15, 0.2) is 6.61 Å². The number of nitrogens with one attached hydrogen (secondary N) is 2. The molecule has 1 rings (SSSR count). The van der Waals surface area contributed by atoms with E-state index >= 15 is 0 Å². The lowest BCUT2D eigenvalue weighted by molar-refractivity contribution is -0.139. The third kappa shape index (κ3) is 5.36. The Labute approximate surface area is 114 Å². The number of hydrogen-bond donors (Lipinski definition) is 4. The summed E-state index contributed by atoms with van der Waals surface area (Å²) in [4.78, 5) is 32.9. The van der Waals surface area contributed by atoms with Crippen molar-refractivity contribution in [2.45, 2.75) is 0 Å². The summed E-state index contributed by atoms with van der Waals surface area (Å²) in [6, 6.07) is 6.38. The molecule has 1 aromatic rings. The number of carbonyl (C=O) groups excluding carboxylic acids is 2. The lowest BCUT2D eigenvalue weighted by atomic mass is 10.3. The number of carboxylic acid groups (broad SMARTS) is 1. The summed E-state index contributed by atoms with van der Waals surface area (Å²) in [5.74, 6) is -1.82. The Bertz CT molecular complexity index is 504. The maximum Gasteiger partial charge on any atom is 0.341 e. The summed E-state index contributed by atoms with van der Waals surface area (Å²) in [5, 5.41) is 13.4. The molecule has 0 aliphatic rings. The fourth-order valence-electron chi connectivity index (χ4n) is 1.28. The van der Waals surface area contributed by atoms with E-state index in [-0.39, 0.29) is 18.8 Å². The first-order valence-corrected chi connectivity index (χ1v) is 5.73. The highest BCUT2D eigenvalue weighted by atomic mass is 16.5. The number of hydrogen-bond acceptors (Lipinski definition) is 5. The highest BCUT2D eigenvalue weighted by Crippen LogP contribution is 2.23. The highest BCUT2D eigenvalue weighted by molar-refractivity contribution is 5.95. The summed E-state index contributed by atoms with van der Waals surface area (Å²) in [6.07, 6.45) is 0. The third-order valence-electron chi connectivity index (χ3n) is 2.14. The second-order valence-electron chi connectivity index (χ2n) is 3.71. The van der Waals surface area contributed by atoms with Gasteiger partial charge in [0.2, 0.25) is 11.8 Å². The molecule has 0 fully saturated rings. The van der Waals surface area contributed by atoms with Crippen LogP contribution in [0.2, 0.25) is 0 Å². The van der Waals surface area contributed by atoms with Crippen LogP contribution < -0.4 is 21.1 Å². The number of carbonyl (C=O) groups is 3. The molecule has 0 heterocycles. The van der Waals surface area contributed by atoms with Crippen molar-refractivity contribution >= 4 is 23.5 Å². The number of amides is 2. The van der Waals surface area contributed by atoms with E-state index < -0.39 is 24.4 Å². The lowest BCUT2D eigenvalue weighted by Crippen LogP contribution is -2.36. The second kappa shape index (κ2) is 7.74. The SMILES string of the molecule is NCC(=O)NCC(=O)Nc1ccccc1OCC(=O)O. The Hall–Kier alpha value is -2.61. The van der Waals surface area contributed by atoms with Gasteiger partial charge in [-0.1, -0.05) is 12.1 Å². The summed E-state index contributed by atoms with van der Waals surface area (Å²) < 4.78 is 5.02. The molecular formula is C12H15N3O5. The predicted molar refractivity (Wildman–Crippen MR) is 70.3 cm³/mol. The lowest BCUT2D eigenvalue weighted by Gasteiger charge is -2.11. The average molecular weight is 281 g/mol. The van der Waals surface area contributed by atoms with Crippen molar-refractivity contribution in [3.8, 4) is 5.75 Å². The van der Waals surface area contributed by atoms with E-state index in [9.17, 15) is 14.4 Å². The predicted octanol–water partition coefficient (Wildman–Crippen LogP) is -0.837. The molecule has 0 atom stereocenters. The Balaban J connectivity index is 2.60. The van der Waals surface area contributed by atoms with Crippen molar-refractivity contribution in [3.63, 3.8) is 0 Å². The topological polar surface area (TPSA) is 131 Å². The fraction of sp³-hybridized carbons (Fsp3) is 0.250. The van der Waals surface area contributed by atoms with E-state index in [0.29, 0.717) is 5.69 Å². The molecular weight excluding hydrogens is 266 g/mol. The van der Waals surface area contributed by atoms with Gasteiger partial charge in [0, 0.05) is 0 Å². The zero-order chi connectivity index (χ0) is 15.0. The summed E-state index contributed by atoms with van der Waals surface area (Å²) in [7, 11) is 0. The van der Waals surface area contributed by atoms with Gasteiger partial charge in [0.25, 0.3) is 0 Å². The van der Waals surface area contributed by atoms with Crippen LogP contribution in [0.3, 0.4) is 0 Å². The van der Waals surface area contributed by atoms with Crippen LogP contribution in [0.5, 0.6) is 5.75 Å². The molecule has 0 radical (unpaired) electrons. The summed E-state index contributed by atoms with van der Waals surface area (Å²) in [6.45, 7) is -0.953. The minimum atomic E-state index is -1.12. The van der Waals surface area contributed by atoms with Gasteiger partial charge < -0.3 is 26.2 Å². The van der Waals surface area contributed by atoms with Crippen LogP contribution in [0.25, 0.3) is 0 Å². The summed E-state index contributed by atoms with van der Waals surface area (Å²) >= 11 is 0. The van der Waals surface area contributed by atoms with Crippen LogP contribution in [0.4, 0.5) is 5.69 Å². The molecule has 8 nitrogen and oxygen atoms in total. The Kier molecular flexibility index (Phi) is 5.98. The second-order valence-corrected chi connectivity index (χ2v) is 3.71. The molecule has 0 aliphatic heterocycles. The van der Waals surface area contributed by atoms with Gasteiger partial charge in [-0.2, -0.15) is 0 Å². The number of rotatable bonds is 7. The highest BCUT2D eigenvalue weighted by Gasteiger charge is 2.09. The quantitative estimate of drug-likeness (QED) is 0.515. The number of aliphatic carboxylic acids is 1. The first-order valence-electron chi connectivity index (χ1n) is 5.73. The van der Waals surface area contributed by atoms with Crippen LogP contribution in [-0.2, 0) is 14.4 Å². The number of anilines is 1. The molecule has 0 aliphatic carbocycles. The van der Waals surface area contributed by atoms with Crippen molar-refractivity contribution in [2.24, 2.45) is 5.73 Å². The third-order valence-corrected chi connectivity index (χ3v) is 2.14. The maximum atomic E-state index is 11.6. The van der Waals surface area contributed by atoms with E-state index in [0.717, 1.165) is 0 Å². The fourth-order valence-corrected chi connectivity index (χ4v) is 1.28. The van der Waals surface area contributed by atoms with Crippen LogP contribution >= 0.6 is 0 Å². The van der Waals surface area contributed by atoms with Gasteiger partial charge in [-0.15, -0.1) is 0 Å². The van der Waals surface area contributed by atoms with Crippen molar-refractivity contribution < 1.29 is 24.2 Å². The molecule has 0 spiro atoms. The normalized spacial score (nSPS) is 9.65. The first kappa shape index (κ1) is 15.4. The zero-order valence-corrected chi connectivity index (χ0v) is 10.6. The first-order chi connectivity index (χ1) is 9.52. The number of para-hydroxylation sites is 2. The summed E-state index contributed by atoms with van der Waals surface area (Å²) in [5.41, 5.74) is 5.40. The van der Waals surface area contributed by atoms with Gasteiger partial charge in [-0.05, 0) is 12.1 Å². The van der Waals surface area contributed by atoms with Gasteiger partial charge in [0.1, 0.15) is 5.75 Å². The van der Waals surface area contributed by atoms with Crippen molar-refractivity contribution in [1.82, 2.24) is 5.32 Å². The van der Waals surface area contributed by atoms with Crippen molar-refractivity contribution in [1.29, 1.82) is 0 Å². The molecule has 108 valence electrons. The van der Waals surface area contributed by atoms with Gasteiger partial charge in [-0.3, -0.25) is 9.59 Å². The molecule has 2 amide bonds. The van der Waals surface area contributed by atoms with E-state index in [1.807, 2.05) is 0 Å². The van der Waals surface area contributed by atoms with Crippen LogP contribution in [0, 0.1) is 0 Å². The molecule has 0 saturated carbocycles.